The molecule has 2 heterocycles. The van der Waals surface area contributed by atoms with Gasteiger partial charge in [0.05, 0.1) is 12.2 Å². The Kier molecular flexibility index (Phi) is 6.33. The van der Waals surface area contributed by atoms with Crippen LogP contribution in [0.5, 0.6) is 5.75 Å². The number of rotatable bonds is 11. The standard InChI is InChI=1S/C23H34N2O2/c26-23-20(10-3-1-2-8-18-12-13-18)22(19-9-4-5-11-21(19)24-23)27-17-7-16-25-14-6-15-25/h4,9,18H,1-3,5-8,10-17H2,(H,24,26). The number of hydrogen-bond donors (Lipinski definition) is 1. The second kappa shape index (κ2) is 9.09. The predicted molar refractivity (Wildman–Crippen MR) is 110 cm³/mol. The highest BCUT2D eigenvalue weighted by Gasteiger charge is 2.21. The molecule has 3 aliphatic rings. The molecule has 4 heteroatoms. The third-order valence-electron chi connectivity index (χ3n) is 6.28. The third-order valence-corrected chi connectivity index (χ3v) is 6.28. The van der Waals surface area contributed by atoms with Crippen molar-refractivity contribution in [3.05, 3.63) is 33.3 Å². The summed E-state index contributed by atoms with van der Waals surface area (Å²) in [6.45, 7) is 4.27. The number of H-pyrrole nitrogens is 1. The number of aromatic amines is 1. The van der Waals surface area contributed by atoms with E-state index < -0.39 is 0 Å². The molecule has 0 atom stereocenters. The van der Waals surface area contributed by atoms with Crippen molar-refractivity contribution in [2.45, 2.75) is 70.6 Å². The van der Waals surface area contributed by atoms with E-state index in [4.69, 9.17) is 4.74 Å². The van der Waals surface area contributed by atoms with Gasteiger partial charge in [0, 0.05) is 17.8 Å². The van der Waals surface area contributed by atoms with Crippen LogP contribution < -0.4 is 10.3 Å². The molecule has 1 aromatic heterocycles. The van der Waals surface area contributed by atoms with Gasteiger partial charge in [0.25, 0.3) is 5.56 Å². The number of fused-ring (bicyclic) bond motifs is 1. The molecule has 4 rings (SSSR count). The maximum absolute atomic E-state index is 12.7. The highest BCUT2D eigenvalue weighted by Crippen LogP contribution is 2.34. The predicted octanol–water partition coefficient (Wildman–Crippen LogP) is 4.32. The Morgan fingerprint density at radius 1 is 1.15 bits per heavy atom. The third kappa shape index (κ3) is 5.04. The second-order valence-electron chi connectivity index (χ2n) is 8.53. The van der Waals surface area contributed by atoms with Gasteiger partial charge in [-0.2, -0.15) is 0 Å². The number of unbranched alkanes of at least 4 members (excludes halogenated alkanes) is 2. The molecule has 1 saturated heterocycles. The van der Waals surface area contributed by atoms with E-state index in [1.54, 1.807) is 0 Å². The molecule has 148 valence electrons. The van der Waals surface area contributed by atoms with Crippen LogP contribution in [-0.4, -0.2) is 36.1 Å². The van der Waals surface area contributed by atoms with Gasteiger partial charge in [-0.1, -0.05) is 44.3 Å². The quantitative estimate of drug-likeness (QED) is 0.590. The van der Waals surface area contributed by atoms with Crippen LogP contribution in [0.4, 0.5) is 0 Å². The minimum absolute atomic E-state index is 0.0731. The van der Waals surface area contributed by atoms with E-state index in [1.807, 2.05) is 0 Å². The monoisotopic (exact) mass is 370 g/mol. The van der Waals surface area contributed by atoms with Gasteiger partial charge in [0.2, 0.25) is 0 Å². The Morgan fingerprint density at radius 2 is 2.04 bits per heavy atom. The number of nitrogens with one attached hydrogen (secondary N) is 1. The van der Waals surface area contributed by atoms with Crippen LogP contribution >= 0.6 is 0 Å². The Hall–Kier alpha value is -1.55. The Morgan fingerprint density at radius 3 is 2.81 bits per heavy atom. The molecular weight excluding hydrogens is 336 g/mol. The maximum Gasteiger partial charge on any atom is 0.255 e. The number of likely N-dealkylation sites (tertiary alicyclic amines) is 1. The summed E-state index contributed by atoms with van der Waals surface area (Å²) in [6, 6.07) is 0. The summed E-state index contributed by atoms with van der Waals surface area (Å²) in [5.41, 5.74) is 3.12. The first-order valence-corrected chi connectivity index (χ1v) is 11.1. The van der Waals surface area contributed by atoms with Crippen molar-refractivity contribution < 1.29 is 4.74 Å². The Labute approximate surface area is 163 Å². The number of allylic oxidation sites excluding steroid dienone is 1. The molecule has 1 aliphatic heterocycles. The lowest BCUT2D eigenvalue weighted by molar-refractivity contribution is 0.165. The summed E-state index contributed by atoms with van der Waals surface area (Å²) in [7, 11) is 0. The van der Waals surface area contributed by atoms with Gasteiger partial charge < -0.3 is 14.6 Å². The van der Waals surface area contributed by atoms with E-state index in [1.165, 1.54) is 51.6 Å². The van der Waals surface area contributed by atoms with Crippen LogP contribution in [0.3, 0.4) is 0 Å². The lowest BCUT2D eigenvalue weighted by Gasteiger charge is -2.30. The second-order valence-corrected chi connectivity index (χ2v) is 8.53. The summed E-state index contributed by atoms with van der Waals surface area (Å²) < 4.78 is 6.24. The van der Waals surface area contributed by atoms with E-state index in [2.05, 4.69) is 22.0 Å². The summed E-state index contributed by atoms with van der Waals surface area (Å²) in [6.07, 6.45) is 17.3. The molecular formula is C23H34N2O2. The SMILES string of the molecule is O=c1[nH]c2c(c(OCCCN3CCC3)c1CCCCCC1CC1)C=CCC2. The van der Waals surface area contributed by atoms with Gasteiger partial charge in [0.1, 0.15) is 5.75 Å². The van der Waals surface area contributed by atoms with Crippen LogP contribution in [0, 0.1) is 5.92 Å². The number of aromatic nitrogens is 1. The van der Waals surface area contributed by atoms with Crippen molar-refractivity contribution in [1.82, 2.24) is 9.88 Å². The number of nitrogens with zero attached hydrogens (tertiary/aromatic N) is 1. The topological polar surface area (TPSA) is 45.3 Å². The molecule has 1 N–H and O–H groups in total. The van der Waals surface area contributed by atoms with Crippen LogP contribution in [0.15, 0.2) is 10.9 Å². The molecule has 1 aromatic rings. The molecule has 2 aliphatic carbocycles. The van der Waals surface area contributed by atoms with Crippen molar-refractivity contribution in [2.75, 3.05) is 26.2 Å². The van der Waals surface area contributed by atoms with Gasteiger partial charge >= 0.3 is 0 Å². The number of ether oxygens (including phenoxy) is 1. The van der Waals surface area contributed by atoms with Crippen molar-refractivity contribution >= 4 is 6.08 Å². The summed E-state index contributed by atoms with van der Waals surface area (Å²) in [4.78, 5) is 18.3. The smallest absolute Gasteiger partial charge is 0.255 e. The molecule has 1 saturated carbocycles. The average molecular weight is 371 g/mol. The van der Waals surface area contributed by atoms with Gasteiger partial charge in [-0.25, -0.2) is 0 Å². The zero-order valence-electron chi connectivity index (χ0n) is 16.6. The molecule has 0 radical (unpaired) electrons. The molecule has 0 aromatic carbocycles. The first-order valence-electron chi connectivity index (χ1n) is 11.1. The highest BCUT2D eigenvalue weighted by molar-refractivity contribution is 5.63. The fourth-order valence-corrected chi connectivity index (χ4v) is 4.26. The summed E-state index contributed by atoms with van der Waals surface area (Å²) >= 11 is 0. The van der Waals surface area contributed by atoms with E-state index in [-0.39, 0.29) is 5.56 Å². The van der Waals surface area contributed by atoms with E-state index in [0.29, 0.717) is 6.61 Å². The van der Waals surface area contributed by atoms with Crippen LogP contribution in [0.1, 0.15) is 74.6 Å². The zero-order valence-corrected chi connectivity index (χ0v) is 16.6. The van der Waals surface area contributed by atoms with Crippen molar-refractivity contribution in [2.24, 2.45) is 5.92 Å². The fraction of sp³-hybridized carbons (Fsp3) is 0.696. The normalized spacial score (nSPS) is 19.0. The zero-order chi connectivity index (χ0) is 18.5. The van der Waals surface area contributed by atoms with E-state index >= 15 is 0 Å². The lowest BCUT2D eigenvalue weighted by atomic mass is 9.97. The fourth-order valence-electron chi connectivity index (χ4n) is 4.26. The molecule has 0 spiro atoms. The van der Waals surface area contributed by atoms with E-state index in [0.717, 1.165) is 67.1 Å². The minimum atomic E-state index is 0.0731. The van der Waals surface area contributed by atoms with Gasteiger partial charge in [0.15, 0.2) is 0 Å². The Balaban J connectivity index is 1.39. The first-order chi connectivity index (χ1) is 13.3. The van der Waals surface area contributed by atoms with Crippen LogP contribution in [0.25, 0.3) is 6.08 Å². The lowest BCUT2D eigenvalue weighted by Crippen LogP contribution is -2.38. The van der Waals surface area contributed by atoms with Crippen molar-refractivity contribution in [1.29, 1.82) is 0 Å². The van der Waals surface area contributed by atoms with Gasteiger partial charge in [-0.15, -0.1) is 0 Å². The van der Waals surface area contributed by atoms with E-state index in [9.17, 15) is 4.79 Å². The molecule has 0 unspecified atom stereocenters. The van der Waals surface area contributed by atoms with Crippen LogP contribution in [0.2, 0.25) is 0 Å². The molecule has 4 nitrogen and oxygen atoms in total. The van der Waals surface area contributed by atoms with Crippen molar-refractivity contribution in [3.8, 4) is 5.75 Å². The van der Waals surface area contributed by atoms with Crippen molar-refractivity contribution in [3.63, 3.8) is 0 Å². The molecule has 27 heavy (non-hydrogen) atoms. The largest absolute Gasteiger partial charge is 0.492 e. The number of hydrogen-bond acceptors (Lipinski definition) is 3. The maximum atomic E-state index is 12.7. The molecule has 0 amide bonds. The average Bonchev–Trinajstić information content (AvgIpc) is 3.45. The first kappa shape index (κ1) is 18.8. The van der Waals surface area contributed by atoms with Crippen LogP contribution in [-0.2, 0) is 12.8 Å². The number of aryl methyl sites for hydroxylation is 1. The Bertz CT molecular complexity index is 714. The van der Waals surface area contributed by atoms with Gasteiger partial charge in [-0.05, 0) is 57.5 Å². The number of pyridine rings is 1. The molecule has 0 bridgehead atoms. The summed E-state index contributed by atoms with van der Waals surface area (Å²) in [5, 5.41) is 0. The minimum Gasteiger partial charge on any atom is -0.492 e. The highest BCUT2D eigenvalue weighted by atomic mass is 16.5. The molecule has 2 fully saturated rings. The van der Waals surface area contributed by atoms with Gasteiger partial charge in [-0.3, -0.25) is 4.79 Å². The summed E-state index contributed by atoms with van der Waals surface area (Å²) in [5.74, 6) is 1.88.